The van der Waals surface area contributed by atoms with E-state index in [1.165, 1.54) is 0 Å². The van der Waals surface area contributed by atoms with Gasteiger partial charge >= 0.3 is 0 Å². The van der Waals surface area contributed by atoms with Crippen molar-refractivity contribution in [3.8, 4) is 0 Å². The fourth-order valence-corrected chi connectivity index (χ4v) is 3.07. The summed E-state index contributed by atoms with van der Waals surface area (Å²) in [6, 6.07) is 0.387. The summed E-state index contributed by atoms with van der Waals surface area (Å²) < 4.78 is 0. The number of carbonyl (C=O) groups is 1. The first-order valence-electron chi connectivity index (χ1n) is 6.82. The molecule has 0 bridgehead atoms. The molecule has 1 aromatic rings. The monoisotopic (exact) mass is 353 g/mol. The lowest BCUT2D eigenvalue weighted by Crippen LogP contribution is -2.51. The normalized spacial score (nSPS) is 18.7. The topological polar surface area (TPSA) is 45.2 Å². The lowest BCUT2D eigenvalue weighted by molar-refractivity contribution is -0.131. The minimum absolute atomic E-state index is 0. The molecule has 0 radical (unpaired) electrons. The molecule has 1 N–H and O–H groups in total. The minimum atomic E-state index is 0. The van der Waals surface area contributed by atoms with Crippen LogP contribution < -0.4 is 5.32 Å². The van der Waals surface area contributed by atoms with Gasteiger partial charge in [-0.3, -0.25) is 4.79 Å². The smallest absolute Gasteiger partial charge is 0.228 e. The van der Waals surface area contributed by atoms with Gasteiger partial charge < -0.3 is 10.2 Å². The third-order valence-corrected chi connectivity index (χ3v) is 4.56. The number of thiazole rings is 1. The van der Waals surface area contributed by atoms with E-state index in [-0.39, 0.29) is 36.1 Å². The number of aromatic nitrogens is 1. The van der Waals surface area contributed by atoms with Gasteiger partial charge in [-0.05, 0) is 6.92 Å². The van der Waals surface area contributed by atoms with Gasteiger partial charge in [0.2, 0.25) is 5.91 Å². The molecule has 1 aromatic heterocycles. The number of piperazine rings is 1. The molecule has 1 fully saturated rings. The molecule has 1 atom stereocenters. The molecule has 2 heterocycles. The molecule has 1 unspecified atom stereocenters. The molecule has 1 aliphatic rings. The summed E-state index contributed by atoms with van der Waals surface area (Å²) in [4.78, 5) is 18.8. The van der Waals surface area contributed by atoms with Gasteiger partial charge in [-0.2, -0.15) is 0 Å². The van der Waals surface area contributed by atoms with Crippen LogP contribution in [0.25, 0.3) is 0 Å². The quantitative estimate of drug-likeness (QED) is 0.888. The van der Waals surface area contributed by atoms with Crippen molar-refractivity contribution in [2.45, 2.75) is 45.6 Å². The summed E-state index contributed by atoms with van der Waals surface area (Å²) in [6.07, 6.45) is 0.430. The highest BCUT2D eigenvalue weighted by atomic mass is 35.5. The van der Waals surface area contributed by atoms with E-state index in [1.807, 2.05) is 10.3 Å². The van der Waals surface area contributed by atoms with Gasteiger partial charge in [-0.1, -0.05) is 20.8 Å². The van der Waals surface area contributed by atoms with Crippen molar-refractivity contribution in [2.75, 3.05) is 19.6 Å². The largest absolute Gasteiger partial charge is 0.340 e. The first-order valence-corrected chi connectivity index (χ1v) is 7.70. The second kappa shape index (κ2) is 8.32. The molecule has 0 spiro atoms. The number of rotatable bonds is 2. The molecule has 0 saturated carbocycles. The predicted octanol–water partition coefficient (Wildman–Crippen LogP) is 2.65. The van der Waals surface area contributed by atoms with Crippen LogP contribution in [0.3, 0.4) is 0 Å². The second-order valence-corrected chi connectivity index (χ2v) is 7.12. The third-order valence-electron chi connectivity index (χ3n) is 3.25. The highest BCUT2D eigenvalue weighted by molar-refractivity contribution is 7.09. The molecule has 122 valence electrons. The van der Waals surface area contributed by atoms with Crippen LogP contribution in [0, 0.1) is 0 Å². The van der Waals surface area contributed by atoms with Gasteiger partial charge in [0, 0.05) is 36.5 Å². The summed E-state index contributed by atoms with van der Waals surface area (Å²) in [5.41, 5.74) is 0.973. The Morgan fingerprint density at radius 1 is 1.48 bits per heavy atom. The Kier molecular flexibility index (Phi) is 8.18. The van der Waals surface area contributed by atoms with Crippen molar-refractivity contribution >= 4 is 42.1 Å². The first-order chi connectivity index (χ1) is 8.86. The zero-order valence-electron chi connectivity index (χ0n) is 13.0. The zero-order chi connectivity index (χ0) is 14.0. The summed E-state index contributed by atoms with van der Waals surface area (Å²) in [7, 11) is 0. The van der Waals surface area contributed by atoms with Crippen LogP contribution in [-0.2, 0) is 16.6 Å². The van der Waals surface area contributed by atoms with Crippen LogP contribution in [0.2, 0.25) is 0 Å². The van der Waals surface area contributed by atoms with Gasteiger partial charge in [0.25, 0.3) is 0 Å². The molecule has 0 aliphatic carbocycles. The maximum Gasteiger partial charge on any atom is 0.228 e. The number of hydrogen-bond acceptors (Lipinski definition) is 4. The summed E-state index contributed by atoms with van der Waals surface area (Å²) >= 11 is 1.65. The van der Waals surface area contributed by atoms with Gasteiger partial charge in [0.15, 0.2) is 0 Å². The van der Waals surface area contributed by atoms with Gasteiger partial charge in [0.1, 0.15) is 0 Å². The van der Waals surface area contributed by atoms with E-state index in [9.17, 15) is 4.79 Å². The maximum absolute atomic E-state index is 12.2. The van der Waals surface area contributed by atoms with Crippen LogP contribution in [-0.4, -0.2) is 41.5 Å². The molecule has 1 aliphatic heterocycles. The maximum atomic E-state index is 12.2. The van der Waals surface area contributed by atoms with Crippen LogP contribution in [0.15, 0.2) is 5.38 Å². The van der Waals surface area contributed by atoms with Crippen molar-refractivity contribution in [2.24, 2.45) is 0 Å². The number of nitrogens with one attached hydrogen (secondary N) is 1. The number of hydrogen-bond donors (Lipinski definition) is 1. The standard InChI is InChI=1S/C14H23N3OS.2ClH/c1-10-8-17(6-5-15-10)12(18)7-11-9-19-13(16-11)14(2,3)4;;/h9-10,15H,5-8H2,1-4H3;2*1H. The summed E-state index contributed by atoms with van der Waals surface area (Å²) in [5.74, 6) is 0.194. The average Bonchev–Trinajstić information content (AvgIpc) is 2.77. The lowest BCUT2D eigenvalue weighted by Gasteiger charge is -2.31. The van der Waals surface area contributed by atoms with Crippen molar-refractivity contribution in [3.05, 3.63) is 16.1 Å². The van der Waals surface area contributed by atoms with Gasteiger partial charge in [0.05, 0.1) is 17.1 Å². The minimum Gasteiger partial charge on any atom is -0.340 e. The van der Waals surface area contributed by atoms with E-state index < -0.39 is 0 Å². The van der Waals surface area contributed by atoms with Gasteiger partial charge in [-0.25, -0.2) is 4.98 Å². The van der Waals surface area contributed by atoms with Crippen LogP contribution in [0.5, 0.6) is 0 Å². The Labute approximate surface area is 143 Å². The van der Waals surface area contributed by atoms with Crippen molar-refractivity contribution in [3.63, 3.8) is 0 Å². The molecule has 1 saturated heterocycles. The zero-order valence-corrected chi connectivity index (χ0v) is 15.5. The van der Waals surface area contributed by atoms with E-state index in [4.69, 9.17) is 0 Å². The van der Waals surface area contributed by atoms with E-state index in [2.05, 4.69) is 38.0 Å². The number of amides is 1. The molecule has 0 aromatic carbocycles. The van der Waals surface area contributed by atoms with Crippen molar-refractivity contribution in [1.82, 2.24) is 15.2 Å². The van der Waals surface area contributed by atoms with E-state index in [1.54, 1.807) is 11.3 Å². The Morgan fingerprint density at radius 3 is 2.67 bits per heavy atom. The Balaban J connectivity index is 0.00000200. The Bertz CT molecular complexity index is 459. The fourth-order valence-electron chi connectivity index (χ4n) is 2.16. The molecule has 4 nitrogen and oxygen atoms in total. The van der Waals surface area contributed by atoms with Crippen LogP contribution >= 0.6 is 36.2 Å². The molecular weight excluding hydrogens is 329 g/mol. The number of nitrogens with zero attached hydrogens (tertiary/aromatic N) is 2. The van der Waals surface area contributed by atoms with E-state index >= 15 is 0 Å². The molecule has 2 rings (SSSR count). The van der Waals surface area contributed by atoms with Crippen LogP contribution in [0.1, 0.15) is 38.4 Å². The van der Waals surface area contributed by atoms with Gasteiger partial charge in [-0.15, -0.1) is 36.2 Å². The third kappa shape index (κ3) is 5.74. The number of carbonyl (C=O) groups excluding carboxylic acids is 1. The van der Waals surface area contributed by atoms with Crippen molar-refractivity contribution in [1.29, 1.82) is 0 Å². The molecular formula is C14H25Cl2N3OS. The van der Waals surface area contributed by atoms with Crippen molar-refractivity contribution < 1.29 is 4.79 Å². The molecule has 7 heteroatoms. The Morgan fingerprint density at radius 2 is 2.14 bits per heavy atom. The fraction of sp³-hybridized carbons (Fsp3) is 0.714. The SMILES string of the molecule is CC1CN(C(=O)Cc2csc(C(C)(C)C)n2)CCN1.Cl.Cl. The summed E-state index contributed by atoms with van der Waals surface area (Å²) in [5, 5.41) is 6.47. The molecule has 21 heavy (non-hydrogen) atoms. The Hall–Kier alpha value is -0.360. The lowest BCUT2D eigenvalue weighted by atomic mass is 9.98. The summed E-state index contributed by atoms with van der Waals surface area (Å²) in [6.45, 7) is 11.0. The highest BCUT2D eigenvalue weighted by Crippen LogP contribution is 2.25. The first kappa shape index (κ1) is 20.6. The number of halogens is 2. The van der Waals surface area contributed by atoms with E-state index in [0.29, 0.717) is 12.5 Å². The van der Waals surface area contributed by atoms with Crippen LogP contribution in [0.4, 0.5) is 0 Å². The predicted molar refractivity (Wildman–Crippen MR) is 93.1 cm³/mol. The molecule has 1 amide bonds. The highest BCUT2D eigenvalue weighted by Gasteiger charge is 2.23. The average molecular weight is 354 g/mol. The second-order valence-electron chi connectivity index (χ2n) is 6.27. The van der Waals surface area contributed by atoms with E-state index in [0.717, 1.165) is 30.3 Å².